The Morgan fingerprint density at radius 2 is 2.00 bits per heavy atom. The highest BCUT2D eigenvalue weighted by molar-refractivity contribution is 4.85. The van der Waals surface area contributed by atoms with Crippen LogP contribution in [0, 0.1) is 0 Å². The third-order valence-electron chi connectivity index (χ3n) is 3.65. The number of morpholine rings is 1. The van der Waals surface area contributed by atoms with Gasteiger partial charge in [0.05, 0.1) is 24.9 Å². The summed E-state index contributed by atoms with van der Waals surface area (Å²) < 4.78 is 5.48. The van der Waals surface area contributed by atoms with Crippen LogP contribution in [0.25, 0.3) is 0 Å². The molecule has 2 unspecified atom stereocenters. The number of hydrogen-bond acceptors (Lipinski definition) is 4. The van der Waals surface area contributed by atoms with Crippen molar-refractivity contribution >= 4 is 0 Å². The minimum atomic E-state index is -0.606. The van der Waals surface area contributed by atoms with Crippen LogP contribution < -0.4 is 0 Å². The van der Waals surface area contributed by atoms with E-state index in [1.54, 1.807) is 0 Å². The lowest BCUT2D eigenvalue weighted by atomic mass is 9.95. The smallest absolute Gasteiger partial charge is 0.0933 e. The zero-order valence-corrected chi connectivity index (χ0v) is 10.6. The Kier molecular flexibility index (Phi) is 5.18. The molecule has 1 aliphatic rings. The third kappa shape index (κ3) is 3.42. The number of ether oxygens (including phenoxy) is 1. The summed E-state index contributed by atoms with van der Waals surface area (Å²) in [5.41, 5.74) is -0.606. The molecule has 96 valence electrons. The summed E-state index contributed by atoms with van der Waals surface area (Å²) in [4.78, 5) is 2.22. The van der Waals surface area contributed by atoms with E-state index < -0.39 is 5.60 Å². The number of hydrogen-bond donors (Lipinski definition) is 2. The minimum Gasteiger partial charge on any atom is -0.394 e. The largest absolute Gasteiger partial charge is 0.394 e. The van der Waals surface area contributed by atoms with Crippen LogP contribution in [0.3, 0.4) is 0 Å². The van der Waals surface area contributed by atoms with Crippen molar-refractivity contribution < 1.29 is 14.9 Å². The highest BCUT2D eigenvalue weighted by Crippen LogP contribution is 2.20. The van der Waals surface area contributed by atoms with Gasteiger partial charge in [-0.3, -0.25) is 4.90 Å². The molecule has 1 heterocycles. The second-order valence-electron chi connectivity index (χ2n) is 4.85. The Labute approximate surface area is 98.2 Å². The summed E-state index contributed by atoms with van der Waals surface area (Å²) in [6.07, 6.45) is 1.42. The van der Waals surface area contributed by atoms with Crippen molar-refractivity contribution in [1.29, 1.82) is 0 Å². The van der Waals surface area contributed by atoms with Gasteiger partial charge in [-0.1, -0.05) is 13.8 Å². The van der Waals surface area contributed by atoms with Crippen LogP contribution in [0.15, 0.2) is 0 Å². The van der Waals surface area contributed by atoms with E-state index in [1.165, 1.54) is 0 Å². The van der Waals surface area contributed by atoms with Crippen molar-refractivity contribution in [3.8, 4) is 0 Å². The third-order valence-corrected chi connectivity index (χ3v) is 3.65. The van der Waals surface area contributed by atoms with Gasteiger partial charge in [-0.2, -0.15) is 0 Å². The van der Waals surface area contributed by atoms with Gasteiger partial charge in [0.15, 0.2) is 0 Å². The van der Waals surface area contributed by atoms with E-state index in [4.69, 9.17) is 9.84 Å². The van der Waals surface area contributed by atoms with Gasteiger partial charge in [-0.05, 0) is 19.8 Å². The first-order chi connectivity index (χ1) is 7.54. The molecule has 1 rings (SSSR count). The molecule has 1 aliphatic heterocycles. The SMILES string of the molecule is CCC(O)(CC)CN1CC(CO)OCC1C. The maximum absolute atomic E-state index is 10.3. The van der Waals surface area contributed by atoms with E-state index in [-0.39, 0.29) is 12.7 Å². The van der Waals surface area contributed by atoms with Gasteiger partial charge in [0.2, 0.25) is 0 Å². The van der Waals surface area contributed by atoms with Gasteiger partial charge < -0.3 is 14.9 Å². The Morgan fingerprint density at radius 1 is 1.38 bits per heavy atom. The van der Waals surface area contributed by atoms with Gasteiger partial charge in [0.1, 0.15) is 0 Å². The van der Waals surface area contributed by atoms with Crippen LogP contribution >= 0.6 is 0 Å². The summed E-state index contributed by atoms with van der Waals surface area (Å²) in [7, 11) is 0. The van der Waals surface area contributed by atoms with E-state index in [0.717, 1.165) is 12.8 Å². The summed E-state index contributed by atoms with van der Waals surface area (Å²) in [5.74, 6) is 0. The number of nitrogens with zero attached hydrogens (tertiary/aromatic N) is 1. The lowest BCUT2D eigenvalue weighted by molar-refractivity contribution is -0.103. The van der Waals surface area contributed by atoms with E-state index >= 15 is 0 Å². The van der Waals surface area contributed by atoms with Crippen LogP contribution in [-0.4, -0.2) is 59.2 Å². The summed E-state index contributed by atoms with van der Waals surface area (Å²) in [6, 6.07) is 0.312. The molecule has 0 aromatic rings. The van der Waals surface area contributed by atoms with Crippen molar-refractivity contribution in [3.63, 3.8) is 0 Å². The fraction of sp³-hybridized carbons (Fsp3) is 1.00. The van der Waals surface area contributed by atoms with Gasteiger partial charge >= 0.3 is 0 Å². The lowest BCUT2D eigenvalue weighted by Crippen LogP contribution is -2.54. The van der Waals surface area contributed by atoms with E-state index in [1.807, 2.05) is 13.8 Å². The van der Waals surface area contributed by atoms with Crippen molar-refractivity contribution in [3.05, 3.63) is 0 Å². The van der Waals surface area contributed by atoms with Crippen molar-refractivity contribution in [2.75, 3.05) is 26.3 Å². The molecule has 2 atom stereocenters. The van der Waals surface area contributed by atoms with Crippen molar-refractivity contribution in [1.82, 2.24) is 4.90 Å². The maximum Gasteiger partial charge on any atom is 0.0933 e. The minimum absolute atomic E-state index is 0.0555. The van der Waals surface area contributed by atoms with Crippen LogP contribution in [0.5, 0.6) is 0 Å². The van der Waals surface area contributed by atoms with Crippen molar-refractivity contribution in [2.45, 2.75) is 51.4 Å². The molecule has 0 spiro atoms. The number of β-amino-alcohol motifs (C(OH)–C–C–N with tert-alkyl or cyclic N) is 1. The monoisotopic (exact) mass is 231 g/mol. The quantitative estimate of drug-likeness (QED) is 0.728. The molecule has 0 bridgehead atoms. The maximum atomic E-state index is 10.3. The molecule has 1 saturated heterocycles. The fourth-order valence-electron chi connectivity index (χ4n) is 2.06. The molecule has 0 radical (unpaired) electrons. The van der Waals surface area contributed by atoms with Gasteiger partial charge in [0.25, 0.3) is 0 Å². The van der Waals surface area contributed by atoms with Crippen molar-refractivity contribution in [2.24, 2.45) is 0 Å². The zero-order valence-electron chi connectivity index (χ0n) is 10.6. The highest BCUT2D eigenvalue weighted by atomic mass is 16.5. The molecule has 1 fully saturated rings. The highest BCUT2D eigenvalue weighted by Gasteiger charge is 2.32. The van der Waals surface area contributed by atoms with Crippen LogP contribution in [-0.2, 0) is 4.74 Å². The number of aliphatic hydroxyl groups excluding tert-OH is 1. The Hall–Kier alpha value is -0.160. The van der Waals surface area contributed by atoms with E-state index in [9.17, 15) is 5.11 Å². The average molecular weight is 231 g/mol. The lowest BCUT2D eigenvalue weighted by Gasteiger charge is -2.41. The van der Waals surface area contributed by atoms with E-state index in [2.05, 4.69) is 11.8 Å². The van der Waals surface area contributed by atoms with Gasteiger partial charge in [-0.25, -0.2) is 0 Å². The molecule has 0 saturated carbocycles. The standard InChI is InChI=1S/C12H25NO3/c1-4-12(15,5-2)9-13-6-11(7-14)16-8-10(13)3/h10-11,14-15H,4-9H2,1-3H3. The first-order valence-corrected chi connectivity index (χ1v) is 6.23. The predicted octanol–water partition coefficient (Wildman–Crippen LogP) is 0.619. The molecule has 0 aliphatic carbocycles. The molecule has 4 nitrogen and oxygen atoms in total. The van der Waals surface area contributed by atoms with Gasteiger partial charge in [0, 0.05) is 19.1 Å². The van der Waals surface area contributed by atoms with Crippen LogP contribution in [0.4, 0.5) is 0 Å². The second-order valence-corrected chi connectivity index (χ2v) is 4.85. The fourth-order valence-corrected chi connectivity index (χ4v) is 2.06. The molecule has 0 aromatic heterocycles. The molecule has 0 amide bonds. The van der Waals surface area contributed by atoms with Crippen LogP contribution in [0.2, 0.25) is 0 Å². The zero-order chi connectivity index (χ0) is 12.2. The number of aliphatic hydroxyl groups is 2. The first-order valence-electron chi connectivity index (χ1n) is 6.23. The molecule has 0 aromatic carbocycles. The number of rotatable bonds is 5. The Bertz CT molecular complexity index is 206. The molecular formula is C12H25NO3. The Balaban J connectivity index is 2.56. The predicted molar refractivity (Wildman–Crippen MR) is 63.4 cm³/mol. The Morgan fingerprint density at radius 3 is 2.50 bits per heavy atom. The summed E-state index contributed by atoms with van der Waals surface area (Å²) in [6.45, 7) is 8.19. The summed E-state index contributed by atoms with van der Waals surface area (Å²) >= 11 is 0. The van der Waals surface area contributed by atoms with E-state index in [0.29, 0.717) is 25.7 Å². The second kappa shape index (κ2) is 5.96. The van der Waals surface area contributed by atoms with Crippen LogP contribution in [0.1, 0.15) is 33.6 Å². The van der Waals surface area contributed by atoms with Gasteiger partial charge in [-0.15, -0.1) is 0 Å². The topological polar surface area (TPSA) is 52.9 Å². The molecule has 2 N–H and O–H groups in total. The first kappa shape index (κ1) is 13.9. The average Bonchev–Trinajstić information content (AvgIpc) is 2.32. The normalized spacial score (nSPS) is 28.3. The summed E-state index contributed by atoms with van der Waals surface area (Å²) in [5, 5.41) is 19.4. The molecule has 4 heteroatoms. The molecule has 16 heavy (non-hydrogen) atoms. The molecular weight excluding hydrogens is 206 g/mol.